The zero-order chi connectivity index (χ0) is 14.0. The van der Waals surface area contributed by atoms with Gasteiger partial charge in [0.1, 0.15) is 5.69 Å². The maximum atomic E-state index is 12.4. The van der Waals surface area contributed by atoms with E-state index >= 15 is 0 Å². The highest BCUT2D eigenvalue weighted by atomic mass is 16.6. The highest BCUT2D eigenvalue weighted by Crippen LogP contribution is 2.30. The molecule has 2 rings (SSSR count). The molecule has 0 radical (unpaired) electrons. The van der Waals surface area contributed by atoms with Gasteiger partial charge >= 0.3 is 0 Å². The first-order valence-corrected chi connectivity index (χ1v) is 6.11. The lowest BCUT2D eigenvalue weighted by Gasteiger charge is -2.22. The van der Waals surface area contributed by atoms with Crippen LogP contribution in [0.4, 0.5) is 11.4 Å². The van der Waals surface area contributed by atoms with Crippen LogP contribution in [-0.2, 0) is 0 Å². The van der Waals surface area contributed by atoms with Crippen molar-refractivity contribution in [2.24, 2.45) is 5.84 Å². The molecular weight excluding hydrogens is 248 g/mol. The number of rotatable bonds is 3. The van der Waals surface area contributed by atoms with Crippen LogP contribution >= 0.6 is 0 Å². The lowest BCUT2D eigenvalue weighted by Crippen LogP contribution is -2.34. The molecule has 1 unspecified atom stereocenters. The summed E-state index contributed by atoms with van der Waals surface area (Å²) in [5, 5.41) is 10.9. The van der Waals surface area contributed by atoms with Crippen LogP contribution in [0.2, 0.25) is 0 Å². The van der Waals surface area contributed by atoms with Crippen LogP contribution in [0.1, 0.15) is 30.1 Å². The Balaban J connectivity index is 2.41. The quantitative estimate of drug-likeness (QED) is 0.489. The van der Waals surface area contributed by atoms with Crippen molar-refractivity contribution < 1.29 is 9.72 Å². The minimum Gasteiger partial charge on any atom is -0.336 e. The van der Waals surface area contributed by atoms with Gasteiger partial charge in [-0.2, -0.15) is 0 Å². The molecule has 0 spiro atoms. The second-order valence-electron chi connectivity index (χ2n) is 4.59. The number of nitrogens with two attached hydrogens (primary N) is 1. The second-order valence-corrected chi connectivity index (χ2v) is 4.59. The molecule has 1 saturated heterocycles. The molecule has 1 fully saturated rings. The van der Waals surface area contributed by atoms with Gasteiger partial charge in [0.2, 0.25) is 0 Å². The third-order valence-corrected chi connectivity index (χ3v) is 3.43. The summed E-state index contributed by atoms with van der Waals surface area (Å²) < 4.78 is 0. The van der Waals surface area contributed by atoms with Gasteiger partial charge in [0.15, 0.2) is 0 Å². The molecule has 1 heterocycles. The van der Waals surface area contributed by atoms with Gasteiger partial charge in [0.25, 0.3) is 11.6 Å². The van der Waals surface area contributed by atoms with Gasteiger partial charge in [-0.05, 0) is 25.8 Å². The Morgan fingerprint density at radius 1 is 1.58 bits per heavy atom. The Labute approximate surface area is 110 Å². The number of hydrogen-bond acceptors (Lipinski definition) is 5. The fraction of sp³-hybridized carbons (Fsp3) is 0.417. The first-order valence-electron chi connectivity index (χ1n) is 6.11. The summed E-state index contributed by atoms with van der Waals surface area (Å²) in [6.45, 7) is 2.64. The summed E-state index contributed by atoms with van der Waals surface area (Å²) in [5.41, 5.74) is 2.39. The molecule has 1 aromatic rings. The number of para-hydroxylation sites is 1. The molecule has 7 nitrogen and oxygen atoms in total. The number of benzene rings is 1. The number of nitrogen functional groups attached to an aromatic ring is 1. The number of nitrogens with zero attached hydrogens (tertiary/aromatic N) is 2. The lowest BCUT2D eigenvalue weighted by molar-refractivity contribution is -0.384. The molecule has 102 valence electrons. The van der Waals surface area contributed by atoms with Crippen LogP contribution in [0, 0.1) is 10.1 Å². The van der Waals surface area contributed by atoms with Gasteiger partial charge in [-0.3, -0.25) is 20.8 Å². The first kappa shape index (κ1) is 13.3. The van der Waals surface area contributed by atoms with Gasteiger partial charge in [0, 0.05) is 18.7 Å². The second kappa shape index (κ2) is 5.23. The van der Waals surface area contributed by atoms with Crippen molar-refractivity contribution in [1.29, 1.82) is 0 Å². The van der Waals surface area contributed by atoms with E-state index < -0.39 is 4.92 Å². The molecule has 0 bridgehead atoms. The third kappa shape index (κ3) is 2.37. The smallest absolute Gasteiger partial charge is 0.294 e. The minimum absolute atomic E-state index is 0.0663. The first-order chi connectivity index (χ1) is 9.06. The molecule has 0 aliphatic carbocycles. The largest absolute Gasteiger partial charge is 0.336 e. The molecule has 1 aromatic carbocycles. The maximum Gasteiger partial charge on any atom is 0.294 e. The van der Waals surface area contributed by atoms with E-state index in [9.17, 15) is 14.9 Å². The highest BCUT2D eigenvalue weighted by Gasteiger charge is 2.29. The van der Waals surface area contributed by atoms with Gasteiger partial charge in [-0.1, -0.05) is 6.07 Å². The number of nitro groups is 1. The van der Waals surface area contributed by atoms with E-state index in [4.69, 9.17) is 5.84 Å². The van der Waals surface area contributed by atoms with Crippen LogP contribution in [0.5, 0.6) is 0 Å². The number of nitro benzene ring substituents is 1. The highest BCUT2D eigenvalue weighted by molar-refractivity contribution is 6.01. The van der Waals surface area contributed by atoms with Crippen molar-refractivity contribution in [1.82, 2.24) is 4.90 Å². The summed E-state index contributed by atoms with van der Waals surface area (Å²) >= 11 is 0. The van der Waals surface area contributed by atoms with E-state index in [0.29, 0.717) is 6.54 Å². The number of likely N-dealkylation sites (tertiary alicyclic amines) is 1. The fourth-order valence-corrected chi connectivity index (χ4v) is 2.41. The lowest BCUT2D eigenvalue weighted by atomic mass is 10.1. The summed E-state index contributed by atoms with van der Waals surface area (Å²) in [7, 11) is 0. The summed E-state index contributed by atoms with van der Waals surface area (Å²) in [6.07, 6.45) is 1.90. The van der Waals surface area contributed by atoms with Crippen LogP contribution in [0.15, 0.2) is 18.2 Å². The van der Waals surface area contributed by atoms with E-state index in [2.05, 4.69) is 5.43 Å². The van der Waals surface area contributed by atoms with E-state index in [1.54, 1.807) is 11.0 Å². The molecule has 1 aliphatic heterocycles. The zero-order valence-corrected chi connectivity index (χ0v) is 10.6. The molecule has 1 aliphatic rings. The van der Waals surface area contributed by atoms with E-state index in [1.165, 1.54) is 12.1 Å². The van der Waals surface area contributed by atoms with Crippen molar-refractivity contribution in [2.45, 2.75) is 25.8 Å². The molecular formula is C12H16N4O3. The Morgan fingerprint density at radius 3 is 2.84 bits per heavy atom. The van der Waals surface area contributed by atoms with Crippen LogP contribution in [0.3, 0.4) is 0 Å². The Bertz CT molecular complexity index is 518. The Kier molecular flexibility index (Phi) is 3.66. The molecule has 0 saturated carbocycles. The molecule has 1 atom stereocenters. The summed E-state index contributed by atoms with van der Waals surface area (Å²) in [4.78, 5) is 24.5. The zero-order valence-electron chi connectivity index (χ0n) is 10.6. The van der Waals surface area contributed by atoms with E-state index in [-0.39, 0.29) is 28.9 Å². The van der Waals surface area contributed by atoms with Crippen molar-refractivity contribution >= 4 is 17.3 Å². The van der Waals surface area contributed by atoms with Crippen LogP contribution < -0.4 is 11.3 Å². The molecule has 0 aromatic heterocycles. The molecule has 7 heteroatoms. The number of nitrogens with one attached hydrogen (secondary N) is 1. The fourth-order valence-electron chi connectivity index (χ4n) is 2.41. The predicted octanol–water partition coefficient (Wildman–Crippen LogP) is 1.50. The van der Waals surface area contributed by atoms with E-state index in [0.717, 1.165) is 12.8 Å². The van der Waals surface area contributed by atoms with Gasteiger partial charge < -0.3 is 10.3 Å². The minimum atomic E-state index is -0.556. The molecule has 19 heavy (non-hydrogen) atoms. The summed E-state index contributed by atoms with van der Waals surface area (Å²) in [6, 6.07) is 4.51. The standard InChI is InChI=1S/C12H16N4O3/c1-8-4-3-7-15(8)12(17)9-5-2-6-10(16(18)19)11(9)14-13/h2,5-6,8,14H,3-4,7,13H2,1H3. The van der Waals surface area contributed by atoms with Crippen molar-refractivity contribution in [2.75, 3.05) is 12.0 Å². The Hall–Kier alpha value is -2.15. The van der Waals surface area contributed by atoms with Crippen LogP contribution in [0.25, 0.3) is 0 Å². The number of amides is 1. The number of hydrazine groups is 1. The van der Waals surface area contributed by atoms with Crippen molar-refractivity contribution in [3.05, 3.63) is 33.9 Å². The van der Waals surface area contributed by atoms with Crippen molar-refractivity contribution in [3.63, 3.8) is 0 Å². The number of hydrogen-bond donors (Lipinski definition) is 2. The molecule has 3 N–H and O–H groups in total. The average molecular weight is 264 g/mol. The normalized spacial score (nSPS) is 18.4. The SMILES string of the molecule is CC1CCCN1C(=O)c1cccc([N+](=O)[O-])c1NN. The van der Waals surface area contributed by atoms with Gasteiger partial charge in [0.05, 0.1) is 10.5 Å². The predicted molar refractivity (Wildman–Crippen MR) is 70.6 cm³/mol. The van der Waals surface area contributed by atoms with Crippen LogP contribution in [-0.4, -0.2) is 28.3 Å². The van der Waals surface area contributed by atoms with Crippen molar-refractivity contribution in [3.8, 4) is 0 Å². The Morgan fingerprint density at radius 2 is 2.32 bits per heavy atom. The summed E-state index contributed by atoms with van der Waals surface area (Å²) in [5.74, 6) is 5.11. The number of anilines is 1. The topological polar surface area (TPSA) is 102 Å². The maximum absolute atomic E-state index is 12.4. The average Bonchev–Trinajstić information content (AvgIpc) is 2.83. The molecule has 1 amide bonds. The van der Waals surface area contributed by atoms with Gasteiger partial charge in [-0.15, -0.1) is 0 Å². The number of carbonyl (C=O) groups excluding carboxylic acids is 1. The third-order valence-electron chi connectivity index (χ3n) is 3.43. The van der Waals surface area contributed by atoms with E-state index in [1.807, 2.05) is 6.92 Å². The van der Waals surface area contributed by atoms with Gasteiger partial charge in [-0.25, -0.2) is 0 Å². The monoisotopic (exact) mass is 264 g/mol. The number of carbonyl (C=O) groups is 1.